The Hall–Kier alpha value is -3.28. The van der Waals surface area contributed by atoms with Gasteiger partial charge in [-0.2, -0.15) is 10.1 Å². The first kappa shape index (κ1) is 21.6. The lowest BCUT2D eigenvalue weighted by Gasteiger charge is -2.33. The van der Waals surface area contributed by atoms with E-state index in [1.165, 1.54) is 5.01 Å². The molecule has 0 unspecified atom stereocenters. The van der Waals surface area contributed by atoms with Crippen LogP contribution in [-0.4, -0.2) is 24.0 Å². The summed E-state index contributed by atoms with van der Waals surface area (Å²) < 4.78 is 6.27. The lowest BCUT2D eigenvalue weighted by molar-refractivity contribution is -0.127. The number of carbonyl (C=O) groups excluding carboxylic acids is 2. The van der Waals surface area contributed by atoms with Crippen LogP contribution < -0.4 is 5.01 Å². The Morgan fingerprint density at radius 1 is 1.03 bits per heavy atom. The van der Waals surface area contributed by atoms with Crippen molar-refractivity contribution in [1.82, 2.24) is 0 Å². The average Bonchev–Trinajstić information content (AvgIpc) is 3.35. The van der Waals surface area contributed by atoms with Crippen LogP contribution in [0.3, 0.4) is 0 Å². The molecule has 0 N–H and O–H groups in total. The molecule has 1 spiro atoms. The highest BCUT2D eigenvalue weighted by molar-refractivity contribution is 6.30. The summed E-state index contributed by atoms with van der Waals surface area (Å²) in [7, 11) is 0. The number of ether oxygens (including phenoxy) is 1. The largest absolute Gasteiger partial charge is 0.372 e. The van der Waals surface area contributed by atoms with Crippen LogP contribution in [0, 0.1) is 11.3 Å². The van der Waals surface area contributed by atoms with E-state index in [0.29, 0.717) is 22.0 Å². The van der Waals surface area contributed by atoms with Gasteiger partial charge in [-0.05, 0) is 36.8 Å². The molecule has 6 heteroatoms. The van der Waals surface area contributed by atoms with Gasteiger partial charge in [0.15, 0.2) is 5.78 Å². The van der Waals surface area contributed by atoms with Crippen molar-refractivity contribution < 1.29 is 14.3 Å². The van der Waals surface area contributed by atoms with E-state index < -0.39 is 11.5 Å². The molecule has 0 radical (unpaired) electrons. The van der Waals surface area contributed by atoms with Gasteiger partial charge in [-0.3, -0.25) is 9.59 Å². The van der Waals surface area contributed by atoms with Gasteiger partial charge in [-0.25, -0.2) is 0 Å². The Morgan fingerprint density at radius 2 is 1.67 bits per heavy atom. The third kappa shape index (κ3) is 3.58. The third-order valence-corrected chi connectivity index (χ3v) is 6.87. The van der Waals surface area contributed by atoms with E-state index >= 15 is 0 Å². The zero-order chi connectivity index (χ0) is 23.0. The molecule has 5 rings (SSSR count). The molecule has 2 aliphatic rings. The molecule has 0 saturated carbocycles. The first-order valence-corrected chi connectivity index (χ1v) is 11.3. The molecular weight excluding hydrogens is 436 g/mol. The Bertz CT molecular complexity index is 1210. The highest BCUT2D eigenvalue weighted by Crippen LogP contribution is 2.55. The first-order chi connectivity index (χ1) is 16.0. The van der Waals surface area contributed by atoms with Crippen molar-refractivity contribution in [3.8, 4) is 0 Å². The van der Waals surface area contributed by atoms with Gasteiger partial charge in [0.2, 0.25) is 0 Å². The first-order valence-electron chi connectivity index (χ1n) is 10.9. The van der Waals surface area contributed by atoms with Crippen molar-refractivity contribution >= 4 is 34.7 Å². The van der Waals surface area contributed by atoms with Crippen LogP contribution >= 0.6 is 11.6 Å². The minimum absolute atomic E-state index is 0.0147. The fourth-order valence-electron chi connectivity index (χ4n) is 5.00. The van der Waals surface area contributed by atoms with Crippen molar-refractivity contribution in [1.29, 1.82) is 0 Å². The molecule has 2 heterocycles. The Kier molecular flexibility index (Phi) is 5.60. The smallest absolute Gasteiger partial charge is 0.262 e. The molecule has 33 heavy (non-hydrogen) atoms. The van der Waals surface area contributed by atoms with Crippen molar-refractivity contribution in [2.24, 2.45) is 16.4 Å². The minimum Gasteiger partial charge on any atom is -0.372 e. The highest BCUT2D eigenvalue weighted by atomic mass is 35.5. The van der Waals surface area contributed by atoms with Gasteiger partial charge in [-0.15, -0.1) is 0 Å². The molecule has 2 aliphatic heterocycles. The quantitative estimate of drug-likeness (QED) is 0.460. The molecular formula is C27H23ClN2O3. The molecule has 3 aromatic rings. The van der Waals surface area contributed by atoms with E-state index in [-0.39, 0.29) is 30.6 Å². The van der Waals surface area contributed by atoms with Gasteiger partial charge in [-0.1, -0.05) is 72.3 Å². The topological polar surface area (TPSA) is 59.0 Å². The Balaban J connectivity index is 1.57. The summed E-state index contributed by atoms with van der Waals surface area (Å²) in [5.41, 5.74) is 1.73. The summed E-state index contributed by atoms with van der Waals surface area (Å²) in [6.45, 7) is 2.14. The van der Waals surface area contributed by atoms with Crippen molar-refractivity contribution in [2.45, 2.75) is 19.4 Å². The average molecular weight is 459 g/mol. The van der Waals surface area contributed by atoms with Gasteiger partial charge >= 0.3 is 0 Å². The normalized spacial score (nSPS) is 24.4. The molecule has 1 amide bonds. The van der Waals surface area contributed by atoms with Gasteiger partial charge in [0.05, 0.1) is 18.0 Å². The number of para-hydroxylation sites is 1. The maximum Gasteiger partial charge on any atom is 0.262 e. The predicted octanol–water partition coefficient (Wildman–Crippen LogP) is 5.71. The SMILES string of the molecule is CC1=NN(c2ccccc2)C(=O)[C@@]12[C@@H](CC(=O)c1ccccc1)CO[C@H]2c1ccc(Cl)cc1. The number of hydrazone groups is 1. The summed E-state index contributed by atoms with van der Waals surface area (Å²) in [5, 5.41) is 6.74. The maximum absolute atomic E-state index is 14.1. The predicted molar refractivity (Wildman–Crippen MR) is 128 cm³/mol. The van der Waals surface area contributed by atoms with Crippen LogP contribution in [0.1, 0.15) is 35.4 Å². The molecule has 0 bridgehead atoms. The third-order valence-electron chi connectivity index (χ3n) is 6.62. The number of anilines is 1. The number of carbonyl (C=O) groups is 2. The van der Waals surface area contributed by atoms with Gasteiger partial charge in [0.25, 0.3) is 5.91 Å². The van der Waals surface area contributed by atoms with Crippen molar-refractivity contribution in [2.75, 3.05) is 11.6 Å². The number of benzene rings is 3. The summed E-state index contributed by atoms with van der Waals surface area (Å²) in [5.74, 6) is -0.538. The van der Waals surface area contributed by atoms with Crippen molar-refractivity contribution in [3.05, 3.63) is 101 Å². The number of Topliss-reactive ketones (excluding diaryl/α,β-unsaturated/α-hetero) is 1. The summed E-state index contributed by atoms with van der Waals surface area (Å²) >= 11 is 6.11. The van der Waals surface area contributed by atoms with E-state index in [1.807, 2.05) is 67.6 Å². The van der Waals surface area contributed by atoms with E-state index in [9.17, 15) is 9.59 Å². The Morgan fingerprint density at radius 3 is 2.33 bits per heavy atom. The molecule has 5 nitrogen and oxygen atoms in total. The van der Waals surface area contributed by atoms with Gasteiger partial charge in [0.1, 0.15) is 11.5 Å². The van der Waals surface area contributed by atoms with Gasteiger partial charge < -0.3 is 4.74 Å². The van der Waals surface area contributed by atoms with Crippen LogP contribution in [-0.2, 0) is 9.53 Å². The second kappa shape index (κ2) is 8.58. The minimum atomic E-state index is -1.08. The zero-order valence-corrected chi connectivity index (χ0v) is 18.9. The number of hydrogen-bond donors (Lipinski definition) is 0. The highest BCUT2D eigenvalue weighted by Gasteiger charge is 2.64. The molecule has 1 fully saturated rings. The summed E-state index contributed by atoms with van der Waals surface area (Å²) in [6.07, 6.45) is -0.372. The standard InChI is InChI=1S/C27H23ClN2O3/c1-18-27(26(32)30(29-18)23-10-6-3-7-11-23)21(16-24(31)19-8-4-2-5-9-19)17-33-25(27)20-12-14-22(28)15-13-20/h2-15,21,25H,16-17H2,1H3/t21-,25-,27+/m0/s1. The second-order valence-electron chi connectivity index (χ2n) is 8.46. The van der Waals surface area contributed by atoms with Crippen LogP contribution in [0.25, 0.3) is 0 Å². The number of hydrogen-bond acceptors (Lipinski definition) is 4. The number of ketones is 1. The van der Waals surface area contributed by atoms with E-state index in [1.54, 1.807) is 24.3 Å². The lowest BCUT2D eigenvalue weighted by atomic mass is 9.66. The molecule has 0 aliphatic carbocycles. The number of halogens is 1. The van der Waals surface area contributed by atoms with Gasteiger partial charge in [0, 0.05) is 22.9 Å². The van der Waals surface area contributed by atoms with E-state index in [2.05, 4.69) is 5.10 Å². The van der Waals surface area contributed by atoms with Crippen LogP contribution in [0.2, 0.25) is 5.02 Å². The monoisotopic (exact) mass is 458 g/mol. The second-order valence-corrected chi connectivity index (χ2v) is 8.90. The molecule has 1 saturated heterocycles. The fraction of sp³-hybridized carbons (Fsp3) is 0.222. The molecule has 166 valence electrons. The number of nitrogens with zero attached hydrogens (tertiary/aromatic N) is 2. The van der Waals surface area contributed by atoms with Crippen LogP contribution in [0.5, 0.6) is 0 Å². The van der Waals surface area contributed by atoms with Crippen LogP contribution in [0.4, 0.5) is 5.69 Å². The van der Waals surface area contributed by atoms with Crippen molar-refractivity contribution in [3.63, 3.8) is 0 Å². The zero-order valence-electron chi connectivity index (χ0n) is 18.1. The number of rotatable bonds is 5. The summed E-state index contributed by atoms with van der Waals surface area (Å²) in [4.78, 5) is 27.3. The molecule has 0 aromatic heterocycles. The van der Waals surface area contributed by atoms with E-state index in [4.69, 9.17) is 16.3 Å². The van der Waals surface area contributed by atoms with E-state index in [0.717, 1.165) is 5.56 Å². The summed E-state index contributed by atoms with van der Waals surface area (Å²) in [6, 6.07) is 25.8. The maximum atomic E-state index is 14.1. The van der Waals surface area contributed by atoms with Crippen LogP contribution in [0.15, 0.2) is 90.0 Å². The molecule has 3 aromatic carbocycles. The molecule has 3 atom stereocenters. The fourth-order valence-corrected chi connectivity index (χ4v) is 5.12. The number of amides is 1. The Labute approximate surface area is 197 Å². The lowest BCUT2D eigenvalue weighted by Crippen LogP contribution is -2.47.